The predicted molar refractivity (Wildman–Crippen MR) is 74.8 cm³/mol. The van der Waals surface area contributed by atoms with Crippen LogP contribution in [0.25, 0.3) is 10.9 Å². The van der Waals surface area contributed by atoms with Gasteiger partial charge in [-0.05, 0) is 46.9 Å². The molecule has 0 aliphatic heterocycles. The molecule has 0 spiro atoms. The van der Waals surface area contributed by atoms with Crippen molar-refractivity contribution in [3.63, 3.8) is 0 Å². The lowest BCUT2D eigenvalue weighted by Gasteiger charge is -2.19. The average Bonchev–Trinajstić information content (AvgIpc) is 2.14. The third kappa shape index (κ3) is 2.14. The zero-order valence-electron chi connectivity index (χ0n) is 9.58. The quantitative estimate of drug-likeness (QED) is 0.746. The maximum Gasteiger partial charge on any atom is 0.138 e. The highest BCUT2D eigenvalue weighted by atomic mass is 127. The Morgan fingerprint density at radius 3 is 2.50 bits per heavy atom. The van der Waals surface area contributed by atoms with Crippen LogP contribution in [-0.2, 0) is 5.41 Å². The number of benzene rings is 1. The molecule has 0 aliphatic rings. The first-order valence-electron chi connectivity index (χ1n) is 5.18. The van der Waals surface area contributed by atoms with Crippen molar-refractivity contribution in [2.45, 2.75) is 26.2 Å². The van der Waals surface area contributed by atoms with Gasteiger partial charge in [0, 0.05) is 14.4 Å². The second kappa shape index (κ2) is 3.87. The molecule has 0 aliphatic carbocycles. The zero-order valence-corrected chi connectivity index (χ0v) is 11.7. The lowest BCUT2D eigenvalue weighted by molar-refractivity contribution is 0.440. The van der Waals surface area contributed by atoms with E-state index < -0.39 is 0 Å². The summed E-state index contributed by atoms with van der Waals surface area (Å²) in [5.74, 6) is 0.280. The molecule has 16 heavy (non-hydrogen) atoms. The van der Waals surface area contributed by atoms with E-state index >= 15 is 0 Å². The molecule has 0 saturated carbocycles. The van der Waals surface area contributed by atoms with Gasteiger partial charge in [-0.3, -0.25) is 0 Å². The molecule has 0 atom stereocenters. The smallest absolute Gasteiger partial charge is 0.138 e. The van der Waals surface area contributed by atoms with E-state index in [0.29, 0.717) is 0 Å². The Kier molecular flexibility index (Phi) is 2.82. The van der Waals surface area contributed by atoms with Gasteiger partial charge in [-0.2, -0.15) is 0 Å². The van der Waals surface area contributed by atoms with Crippen molar-refractivity contribution in [2.24, 2.45) is 0 Å². The predicted octanol–water partition coefficient (Wildman–Crippen LogP) is 3.84. The van der Waals surface area contributed by atoms with E-state index in [0.717, 1.165) is 20.2 Å². The Bertz CT molecular complexity index is 543. The Hall–Kier alpha value is -0.840. The van der Waals surface area contributed by atoms with Crippen LogP contribution in [0, 0.1) is 3.57 Å². The second-order valence-corrected chi connectivity index (χ2v) is 6.19. The first-order chi connectivity index (χ1) is 7.38. The lowest BCUT2D eigenvalue weighted by atomic mass is 9.90. The molecule has 3 heteroatoms. The minimum atomic E-state index is -0.138. The van der Waals surface area contributed by atoms with E-state index in [4.69, 9.17) is 0 Å². The van der Waals surface area contributed by atoms with Crippen LogP contribution >= 0.6 is 22.6 Å². The Balaban J connectivity index is 2.72. The van der Waals surface area contributed by atoms with Crippen LogP contribution in [0.15, 0.2) is 24.3 Å². The van der Waals surface area contributed by atoms with E-state index in [2.05, 4.69) is 27.6 Å². The minimum absolute atomic E-state index is 0.138. The number of hydrogen-bond donors (Lipinski definition) is 1. The van der Waals surface area contributed by atoms with Crippen molar-refractivity contribution in [3.05, 3.63) is 33.5 Å². The summed E-state index contributed by atoms with van der Waals surface area (Å²) >= 11 is 2.26. The highest BCUT2D eigenvalue weighted by molar-refractivity contribution is 14.1. The molecule has 1 aromatic heterocycles. The van der Waals surface area contributed by atoms with Crippen LogP contribution in [0.1, 0.15) is 26.5 Å². The van der Waals surface area contributed by atoms with Gasteiger partial charge < -0.3 is 5.11 Å². The topological polar surface area (TPSA) is 33.1 Å². The fourth-order valence-electron chi connectivity index (χ4n) is 1.69. The van der Waals surface area contributed by atoms with E-state index in [-0.39, 0.29) is 11.2 Å². The van der Waals surface area contributed by atoms with Gasteiger partial charge in [0.2, 0.25) is 0 Å². The molecular weight excluding hydrogens is 313 g/mol. The van der Waals surface area contributed by atoms with Crippen molar-refractivity contribution >= 4 is 33.5 Å². The molecule has 2 nitrogen and oxygen atoms in total. The van der Waals surface area contributed by atoms with Crippen molar-refractivity contribution in [1.82, 2.24) is 4.98 Å². The molecule has 0 unspecified atom stereocenters. The summed E-state index contributed by atoms with van der Waals surface area (Å²) in [5, 5.41) is 11.0. The van der Waals surface area contributed by atoms with E-state index in [9.17, 15) is 5.11 Å². The first-order valence-corrected chi connectivity index (χ1v) is 6.25. The monoisotopic (exact) mass is 327 g/mol. The van der Waals surface area contributed by atoms with Crippen molar-refractivity contribution in [3.8, 4) is 5.75 Å². The third-order valence-electron chi connectivity index (χ3n) is 2.47. The van der Waals surface area contributed by atoms with Crippen molar-refractivity contribution < 1.29 is 5.11 Å². The Morgan fingerprint density at radius 1 is 1.19 bits per heavy atom. The molecule has 2 aromatic rings. The van der Waals surface area contributed by atoms with Gasteiger partial charge >= 0.3 is 0 Å². The number of hydrogen-bond acceptors (Lipinski definition) is 2. The van der Waals surface area contributed by atoms with Gasteiger partial charge in [0.1, 0.15) is 5.75 Å². The normalized spacial score (nSPS) is 12.0. The van der Waals surface area contributed by atoms with Crippen molar-refractivity contribution in [1.29, 1.82) is 0 Å². The zero-order chi connectivity index (χ0) is 11.9. The van der Waals surface area contributed by atoms with Crippen LogP contribution < -0.4 is 0 Å². The molecule has 1 N–H and O–H groups in total. The van der Waals surface area contributed by atoms with Crippen molar-refractivity contribution in [2.75, 3.05) is 0 Å². The number of fused-ring (bicyclic) bond motifs is 1. The lowest BCUT2D eigenvalue weighted by Crippen LogP contribution is -2.13. The fourth-order valence-corrected chi connectivity index (χ4v) is 2.20. The standard InChI is InChI=1S/C13H14INO/c1-13(2,3)12-11(16)7-8-6-9(14)4-5-10(8)15-12/h4-7,16H,1-3H3. The number of nitrogens with zero attached hydrogens (tertiary/aromatic N) is 1. The van der Waals surface area contributed by atoms with Gasteiger partial charge in [0.25, 0.3) is 0 Å². The summed E-state index contributed by atoms with van der Waals surface area (Å²) < 4.78 is 1.15. The summed E-state index contributed by atoms with van der Waals surface area (Å²) in [6, 6.07) is 7.84. The highest BCUT2D eigenvalue weighted by Crippen LogP contribution is 2.31. The Labute approximate surface area is 109 Å². The van der Waals surface area contributed by atoms with Gasteiger partial charge in [-0.15, -0.1) is 0 Å². The molecule has 0 amide bonds. The van der Waals surface area contributed by atoms with Gasteiger partial charge in [-0.25, -0.2) is 4.98 Å². The largest absolute Gasteiger partial charge is 0.506 e. The van der Waals surface area contributed by atoms with Crippen LogP contribution in [-0.4, -0.2) is 10.1 Å². The molecule has 0 bridgehead atoms. The van der Waals surface area contributed by atoms with Gasteiger partial charge in [0.15, 0.2) is 0 Å². The number of rotatable bonds is 0. The SMILES string of the molecule is CC(C)(C)c1nc2ccc(I)cc2cc1O. The van der Waals surface area contributed by atoms with E-state index in [1.54, 1.807) is 6.07 Å². The van der Waals surface area contributed by atoms with Crippen LogP contribution in [0.2, 0.25) is 0 Å². The molecule has 84 valence electrons. The molecular formula is C13H14INO. The third-order valence-corrected chi connectivity index (χ3v) is 3.14. The summed E-state index contributed by atoms with van der Waals surface area (Å²) in [6.45, 7) is 6.15. The minimum Gasteiger partial charge on any atom is -0.506 e. The highest BCUT2D eigenvalue weighted by Gasteiger charge is 2.20. The second-order valence-electron chi connectivity index (χ2n) is 4.94. The van der Waals surface area contributed by atoms with Gasteiger partial charge in [-0.1, -0.05) is 20.8 Å². The average molecular weight is 327 g/mol. The van der Waals surface area contributed by atoms with Crippen LogP contribution in [0.5, 0.6) is 5.75 Å². The summed E-state index contributed by atoms with van der Waals surface area (Å²) in [6.07, 6.45) is 0. The van der Waals surface area contributed by atoms with Crippen LogP contribution in [0.3, 0.4) is 0 Å². The summed E-state index contributed by atoms with van der Waals surface area (Å²) in [4.78, 5) is 4.53. The molecule has 0 fully saturated rings. The first kappa shape index (κ1) is 11.6. The number of aromatic nitrogens is 1. The van der Waals surface area contributed by atoms with E-state index in [1.165, 1.54) is 0 Å². The number of halogens is 1. The summed E-state index contributed by atoms with van der Waals surface area (Å²) in [5.41, 5.74) is 1.55. The maximum atomic E-state index is 9.97. The molecule has 1 heterocycles. The molecule has 0 saturated heterocycles. The Morgan fingerprint density at radius 2 is 1.88 bits per heavy atom. The van der Waals surface area contributed by atoms with Gasteiger partial charge in [0.05, 0.1) is 11.2 Å². The maximum absolute atomic E-state index is 9.97. The number of aromatic hydroxyl groups is 1. The van der Waals surface area contributed by atoms with E-state index in [1.807, 2.05) is 39.0 Å². The number of pyridine rings is 1. The van der Waals surface area contributed by atoms with Crippen LogP contribution in [0.4, 0.5) is 0 Å². The fraction of sp³-hybridized carbons (Fsp3) is 0.308. The molecule has 1 aromatic carbocycles. The summed E-state index contributed by atoms with van der Waals surface area (Å²) in [7, 11) is 0. The molecule has 2 rings (SSSR count). The molecule has 0 radical (unpaired) electrons.